The first kappa shape index (κ1) is 36.7. The fraction of sp³-hybridized carbons (Fsp3) is 0. The molecule has 0 saturated carbocycles. The molecule has 0 aliphatic heterocycles. The van der Waals surface area contributed by atoms with Crippen LogP contribution in [-0.4, -0.2) is 4.57 Å². The van der Waals surface area contributed by atoms with Crippen molar-refractivity contribution in [1.29, 1.82) is 10.5 Å². The second kappa shape index (κ2) is 16.0. The van der Waals surface area contributed by atoms with Gasteiger partial charge in [0.15, 0.2) is 0 Å². The fourth-order valence-electron chi connectivity index (χ4n) is 8.33. The number of benzene rings is 9. The van der Waals surface area contributed by atoms with E-state index in [2.05, 4.69) is 208 Å². The average Bonchev–Trinajstić information content (AvgIpc) is 3.66. The highest BCUT2D eigenvalue weighted by Crippen LogP contribution is 2.41. The number of rotatable bonds is 9. The average molecular weight is 780 g/mol. The maximum Gasteiger partial charge on any atom is 0.101 e. The summed E-state index contributed by atoms with van der Waals surface area (Å²) in [6, 6.07) is 82.0. The molecule has 0 spiro atoms. The summed E-state index contributed by atoms with van der Waals surface area (Å²) in [5.41, 5.74) is 14.4. The van der Waals surface area contributed by atoms with Gasteiger partial charge < -0.3 is 14.4 Å². The van der Waals surface area contributed by atoms with Gasteiger partial charge in [0, 0.05) is 44.9 Å². The van der Waals surface area contributed by atoms with Crippen LogP contribution < -0.4 is 9.80 Å². The van der Waals surface area contributed by atoms with Gasteiger partial charge in [0.1, 0.15) is 6.07 Å². The summed E-state index contributed by atoms with van der Waals surface area (Å²) in [5.74, 6) is 0. The van der Waals surface area contributed by atoms with Crippen LogP contribution in [0.25, 0.3) is 49.7 Å². The lowest BCUT2D eigenvalue weighted by molar-refractivity contribution is 1.16. The highest BCUT2D eigenvalue weighted by atomic mass is 15.1. The number of anilines is 6. The molecule has 0 amide bonds. The van der Waals surface area contributed by atoms with Gasteiger partial charge in [0.2, 0.25) is 0 Å². The van der Waals surface area contributed by atoms with Crippen molar-refractivity contribution < 1.29 is 0 Å². The summed E-state index contributed by atoms with van der Waals surface area (Å²) < 4.78 is 2.12. The molecule has 0 saturated heterocycles. The molecule has 1 heterocycles. The summed E-state index contributed by atoms with van der Waals surface area (Å²) in [5, 5.41) is 22.3. The van der Waals surface area contributed by atoms with E-state index < -0.39 is 0 Å². The number of aromatic nitrogens is 1. The Morgan fingerprint density at radius 3 is 1.05 bits per heavy atom. The largest absolute Gasteiger partial charge is 0.311 e. The fourth-order valence-corrected chi connectivity index (χ4v) is 8.33. The minimum Gasteiger partial charge on any atom is -0.311 e. The van der Waals surface area contributed by atoms with Crippen LogP contribution in [0.4, 0.5) is 34.1 Å². The molecule has 61 heavy (non-hydrogen) atoms. The summed E-state index contributed by atoms with van der Waals surface area (Å²) in [6.45, 7) is 0. The smallest absolute Gasteiger partial charge is 0.101 e. The second-order valence-electron chi connectivity index (χ2n) is 14.9. The van der Waals surface area contributed by atoms with E-state index in [9.17, 15) is 10.5 Å². The monoisotopic (exact) mass is 779 g/mol. The van der Waals surface area contributed by atoms with Crippen molar-refractivity contribution in [3.63, 3.8) is 0 Å². The first-order valence-corrected chi connectivity index (χ1v) is 20.2. The highest BCUT2D eigenvalue weighted by molar-refractivity contribution is 6.12. The number of para-hydroxylation sites is 4. The van der Waals surface area contributed by atoms with E-state index in [1.165, 1.54) is 0 Å². The number of nitrogens with zero attached hydrogens (tertiary/aromatic N) is 5. The Bertz CT molecular complexity index is 2970. The predicted octanol–water partition coefficient (Wildman–Crippen LogP) is 14.8. The standard InChI is InChI=1S/C56H37N5/c57-38-40-21-22-45(39-58)56(35-40)61-54-33-27-43(41-23-29-50(30-24-41)59(46-13-5-1-6-14-46)47-15-7-2-8-16-47)36-52(54)53-37-44(28-34-55(53)61)42-25-31-51(32-26-42)60(48-17-9-3-10-18-48)49-19-11-4-12-20-49/h1-37H. The molecule has 1 aromatic heterocycles. The zero-order valence-electron chi connectivity index (χ0n) is 33.1. The van der Waals surface area contributed by atoms with E-state index in [4.69, 9.17) is 0 Å². The Morgan fingerprint density at radius 1 is 0.328 bits per heavy atom. The van der Waals surface area contributed by atoms with Crippen LogP contribution in [0.1, 0.15) is 11.1 Å². The molecule has 0 N–H and O–H groups in total. The van der Waals surface area contributed by atoms with Crippen molar-refractivity contribution in [3.8, 4) is 40.1 Å². The minimum atomic E-state index is 0.498. The molecule has 10 aromatic rings. The van der Waals surface area contributed by atoms with Gasteiger partial charge in [-0.05, 0) is 138 Å². The Kier molecular flexibility index (Phi) is 9.59. The first-order chi connectivity index (χ1) is 30.2. The first-order valence-electron chi connectivity index (χ1n) is 20.2. The topological polar surface area (TPSA) is 59.0 Å². The molecular formula is C56H37N5. The minimum absolute atomic E-state index is 0.498. The molecule has 5 nitrogen and oxygen atoms in total. The third kappa shape index (κ3) is 6.93. The van der Waals surface area contributed by atoms with E-state index in [1.807, 2.05) is 30.3 Å². The molecule has 0 aliphatic rings. The van der Waals surface area contributed by atoms with Gasteiger partial charge in [-0.1, -0.05) is 109 Å². The Morgan fingerprint density at radius 2 is 0.689 bits per heavy atom. The molecule has 0 unspecified atom stereocenters. The molecule has 9 aromatic carbocycles. The van der Waals surface area contributed by atoms with Crippen LogP contribution in [0, 0.1) is 22.7 Å². The zero-order valence-corrected chi connectivity index (χ0v) is 33.1. The lowest BCUT2D eigenvalue weighted by atomic mass is 9.99. The number of fused-ring (bicyclic) bond motifs is 3. The molecule has 0 aliphatic carbocycles. The quantitative estimate of drug-likeness (QED) is 0.146. The Balaban J connectivity index is 1.09. The van der Waals surface area contributed by atoms with Gasteiger partial charge in [-0.15, -0.1) is 0 Å². The third-order valence-electron chi connectivity index (χ3n) is 11.2. The Labute approximate surface area is 355 Å². The zero-order chi connectivity index (χ0) is 41.1. The van der Waals surface area contributed by atoms with Crippen molar-refractivity contribution >= 4 is 55.9 Å². The van der Waals surface area contributed by atoms with Gasteiger partial charge >= 0.3 is 0 Å². The molecule has 0 fully saturated rings. The molecular weight excluding hydrogens is 743 g/mol. The van der Waals surface area contributed by atoms with E-state index >= 15 is 0 Å². The van der Waals surface area contributed by atoms with Crippen molar-refractivity contribution in [2.75, 3.05) is 9.80 Å². The summed E-state index contributed by atoms with van der Waals surface area (Å²) in [7, 11) is 0. The van der Waals surface area contributed by atoms with E-state index in [-0.39, 0.29) is 0 Å². The van der Waals surface area contributed by atoms with Gasteiger partial charge in [-0.25, -0.2) is 0 Å². The van der Waals surface area contributed by atoms with Crippen LogP contribution in [-0.2, 0) is 0 Å². The summed E-state index contributed by atoms with van der Waals surface area (Å²) in [4.78, 5) is 4.52. The molecule has 5 heteroatoms. The lowest BCUT2D eigenvalue weighted by Crippen LogP contribution is -2.09. The van der Waals surface area contributed by atoms with E-state index in [0.717, 1.165) is 78.2 Å². The number of nitriles is 2. The van der Waals surface area contributed by atoms with Gasteiger partial charge in [-0.2, -0.15) is 10.5 Å². The molecule has 286 valence electrons. The summed E-state index contributed by atoms with van der Waals surface area (Å²) in [6.07, 6.45) is 0. The van der Waals surface area contributed by atoms with Crippen LogP contribution in [0.3, 0.4) is 0 Å². The summed E-state index contributed by atoms with van der Waals surface area (Å²) >= 11 is 0. The maximum absolute atomic E-state index is 10.3. The second-order valence-corrected chi connectivity index (χ2v) is 14.9. The number of hydrogen-bond acceptors (Lipinski definition) is 4. The number of hydrogen-bond donors (Lipinski definition) is 0. The van der Waals surface area contributed by atoms with Crippen molar-refractivity contribution in [2.45, 2.75) is 0 Å². The lowest BCUT2D eigenvalue weighted by Gasteiger charge is -2.25. The van der Waals surface area contributed by atoms with E-state index in [0.29, 0.717) is 16.8 Å². The van der Waals surface area contributed by atoms with Gasteiger partial charge in [-0.3, -0.25) is 0 Å². The third-order valence-corrected chi connectivity index (χ3v) is 11.2. The van der Waals surface area contributed by atoms with Gasteiger partial charge in [0.05, 0.1) is 33.9 Å². The van der Waals surface area contributed by atoms with Crippen LogP contribution in [0.15, 0.2) is 224 Å². The van der Waals surface area contributed by atoms with Gasteiger partial charge in [0.25, 0.3) is 0 Å². The highest BCUT2D eigenvalue weighted by Gasteiger charge is 2.19. The SMILES string of the molecule is N#Cc1ccc(C#N)c(-n2c3ccc(-c4ccc(N(c5ccccc5)c5ccccc5)cc4)cc3c3cc(-c4ccc(N(c5ccccc5)c5ccccc5)cc4)ccc32)c1. The molecule has 0 atom stereocenters. The van der Waals surface area contributed by atoms with Crippen LogP contribution >= 0.6 is 0 Å². The normalized spacial score (nSPS) is 10.9. The maximum atomic E-state index is 10.3. The van der Waals surface area contributed by atoms with Crippen molar-refractivity contribution in [1.82, 2.24) is 4.57 Å². The van der Waals surface area contributed by atoms with Crippen LogP contribution in [0.2, 0.25) is 0 Å². The molecule has 0 radical (unpaired) electrons. The predicted molar refractivity (Wildman–Crippen MR) is 250 cm³/mol. The van der Waals surface area contributed by atoms with Crippen molar-refractivity contribution in [2.24, 2.45) is 0 Å². The van der Waals surface area contributed by atoms with Crippen molar-refractivity contribution in [3.05, 3.63) is 236 Å². The van der Waals surface area contributed by atoms with Crippen LogP contribution in [0.5, 0.6) is 0 Å². The van der Waals surface area contributed by atoms with E-state index in [1.54, 1.807) is 12.1 Å². The Hall–Kier alpha value is -8.64. The molecule has 10 rings (SSSR count). The molecule has 0 bridgehead atoms.